The molecule has 2 rings (SSSR count). The van der Waals surface area contributed by atoms with Gasteiger partial charge in [0.05, 0.1) is 6.10 Å². The summed E-state index contributed by atoms with van der Waals surface area (Å²) in [6.07, 6.45) is 4.90. The van der Waals surface area contributed by atoms with Gasteiger partial charge in [-0.3, -0.25) is 0 Å². The number of halogens is 2. The van der Waals surface area contributed by atoms with Crippen molar-refractivity contribution in [3.05, 3.63) is 33.8 Å². The van der Waals surface area contributed by atoms with Crippen molar-refractivity contribution in [2.75, 3.05) is 0 Å². The van der Waals surface area contributed by atoms with Gasteiger partial charge in [0.15, 0.2) is 0 Å². The summed E-state index contributed by atoms with van der Waals surface area (Å²) in [7, 11) is 0. The van der Waals surface area contributed by atoms with Crippen LogP contribution in [0.5, 0.6) is 0 Å². The van der Waals surface area contributed by atoms with E-state index in [0.29, 0.717) is 26.8 Å². The summed E-state index contributed by atoms with van der Waals surface area (Å²) in [6, 6.07) is 5.69. The molecule has 1 aromatic rings. The summed E-state index contributed by atoms with van der Waals surface area (Å²) < 4.78 is 0. The lowest BCUT2D eigenvalue weighted by molar-refractivity contribution is 0.00274. The van der Waals surface area contributed by atoms with E-state index in [1.54, 1.807) is 6.07 Å². The Hall–Kier alpha value is -0.240. The summed E-state index contributed by atoms with van der Waals surface area (Å²) in [5.41, 5.74) is 1.72. The maximum absolute atomic E-state index is 10.5. The van der Waals surface area contributed by atoms with Crippen LogP contribution in [0.2, 0.25) is 10.0 Å². The van der Waals surface area contributed by atoms with Gasteiger partial charge in [-0.25, -0.2) is 0 Å². The predicted molar refractivity (Wildman–Crippen MR) is 105 cm³/mol. The zero-order chi connectivity index (χ0) is 18.1. The summed E-state index contributed by atoms with van der Waals surface area (Å²) >= 11 is 12.3. The maximum atomic E-state index is 10.5. The molecule has 0 heterocycles. The number of aliphatic hydroxyl groups is 1. The zero-order valence-corrected chi connectivity index (χ0v) is 17.2. The molecule has 3 unspecified atom stereocenters. The third-order valence-electron chi connectivity index (χ3n) is 5.53. The van der Waals surface area contributed by atoms with Crippen molar-refractivity contribution in [2.45, 2.75) is 72.8 Å². The molecular formula is C21H32Cl2O. The molecule has 1 fully saturated rings. The Kier molecular flexibility index (Phi) is 6.32. The minimum absolute atomic E-state index is 0.224. The van der Waals surface area contributed by atoms with E-state index in [9.17, 15) is 5.11 Å². The third-order valence-corrected chi connectivity index (χ3v) is 6.12. The molecular weight excluding hydrogens is 339 g/mol. The highest BCUT2D eigenvalue weighted by Crippen LogP contribution is 2.47. The van der Waals surface area contributed by atoms with E-state index in [1.165, 1.54) is 6.42 Å². The Balaban J connectivity index is 2.10. The third kappa shape index (κ3) is 5.38. The fourth-order valence-corrected chi connectivity index (χ4v) is 5.14. The number of aliphatic hydroxyl groups excluding tert-OH is 1. The standard InChI is InChI=1S/C21H32Cl2O/c1-20(2,3)13-21(4,5)16-7-9-19(24)15(11-16)10-14-6-8-17(22)12-18(14)23/h6,8,12,15-16,19,24H,7,9-11,13H2,1-5H3. The SMILES string of the molecule is CC(C)(C)CC(C)(C)C1CCC(O)C(Cc2ccc(Cl)cc2Cl)C1. The van der Waals surface area contributed by atoms with E-state index < -0.39 is 0 Å². The van der Waals surface area contributed by atoms with Crippen LogP contribution in [-0.2, 0) is 6.42 Å². The van der Waals surface area contributed by atoms with Gasteiger partial charge in [0.25, 0.3) is 0 Å². The van der Waals surface area contributed by atoms with Crippen LogP contribution in [0, 0.1) is 22.7 Å². The first-order chi connectivity index (χ1) is 11.0. The molecule has 0 radical (unpaired) electrons. The fourth-order valence-electron chi connectivity index (χ4n) is 4.66. The van der Waals surface area contributed by atoms with Crippen molar-refractivity contribution >= 4 is 23.2 Å². The van der Waals surface area contributed by atoms with Gasteiger partial charge in [-0.1, -0.05) is 63.9 Å². The number of hydrogen-bond donors (Lipinski definition) is 1. The lowest BCUT2D eigenvalue weighted by Gasteiger charge is -2.44. The lowest BCUT2D eigenvalue weighted by atomic mass is 9.62. The van der Waals surface area contributed by atoms with E-state index in [-0.39, 0.29) is 12.0 Å². The molecule has 24 heavy (non-hydrogen) atoms. The Morgan fingerprint density at radius 1 is 1.08 bits per heavy atom. The molecule has 1 aliphatic rings. The molecule has 0 aliphatic heterocycles. The molecule has 1 N–H and O–H groups in total. The van der Waals surface area contributed by atoms with E-state index >= 15 is 0 Å². The van der Waals surface area contributed by atoms with E-state index in [0.717, 1.165) is 31.2 Å². The van der Waals surface area contributed by atoms with Gasteiger partial charge in [0.2, 0.25) is 0 Å². The van der Waals surface area contributed by atoms with Gasteiger partial charge in [0, 0.05) is 10.0 Å². The number of benzene rings is 1. The quantitative estimate of drug-likeness (QED) is 0.619. The Bertz CT molecular complexity index is 559. The summed E-state index contributed by atoms with van der Waals surface area (Å²) in [5, 5.41) is 11.9. The molecule has 1 aromatic carbocycles. The van der Waals surface area contributed by atoms with Gasteiger partial charge in [-0.05, 0) is 72.5 Å². The van der Waals surface area contributed by atoms with Crippen molar-refractivity contribution in [3.8, 4) is 0 Å². The van der Waals surface area contributed by atoms with Crippen LogP contribution in [-0.4, -0.2) is 11.2 Å². The summed E-state index contributed by atoms with van der Waals surface area (Å²) in [4.78, 5) is 0. The van der Waals surface area contributed by atoms with Crippen LogP contribution in [0.1, 0.15) is 65.9 Å². The van der Waals surface area contributed by atoms with Crippen LogP contribution in [0.4, 0.5) is 0 Å². The Morgan fingerprint density at radius 3 is 2.33 bits per heavy atom. The molecule has 0 aromatic heterocycles. The first-order valence-corrected chi connectivity index (χ1v) is 9.85. The van der Waals surface area contributed by atoms with Gasteiger partial charge >= 0.3 is 0 Å². The molecule has 1 aliphatic carbocycles. The molecule has 0 amide bonds. The van der Waals surface area contributed by atoms with Crippen molar-refractivity contribution in [1.82, 2.24) is 0 Å². The normalized spacial score (nSPS) is 25.8. The topological polar surface area (TPSA) is 20.2 Å². The minimum Gasteiger partial charge on any atom is -0.393 e. The van der Waals surface area contributed by atoms with Crippen LogP contribution in [0.15, 0.2) is 18.2 Å². The second-order valence-electron chi connectivity index (χ2n) is 9.50. The van der Waals surface area contributed by atoms with Crippen molar-refractivity contribution < 1.29 is 5.11 Å². The van der Waals surface area contributed by atoms with E-state index in [2.05, 4.69) is 34.6 Å². The van der Waals surface area contributed by atoms with Crippen LogP contribution in [0.3, 0.4) is 0 Å². The van der Waals surface area contributed by atoms with Gasteiger partial charge in [-0.15, -0.1) is 0 Å². The van der Waals surface area contributed by atoms with Crippen LogP contribution >= 0.6 is 23.2 Å². The first kappa shape index (κ1) is 20.1. The second kappa shape index (κ2) is 7.56. The van der Waals surface area contributed by atoms with E-state index in [4.69, 9.17) is 23.2 Å². The highest BCUT2D eigenvalue weighted by molar-refractivity contribution is 6.35. The number of rotatable bonds is 4. The molecule has 0 bridgehead atoms. The van der Waals surface area contributed by atoms with Crippen molar-refractivity contribution in [3.63, 3.8) is 0 Å². The monoisotopic (exact) mass is 370 g/mol. The fraction of sp³-hybridized carbons (Fsp3) is 0.714. The summed E-state index contributed by atoms with van der Waals surface area (Å²) in [5.74, 6) is 0.929. The van der Waals surface area contributed by atoms with Crippen molar-refractivity contribution in [1.29, 1.82) is 0 Å². The Morgan fingerprint density at radius 2 is 1.75 bits per heavy atom. The average Bonchev–Trinajstić information content (AvgIpc) is 2.41. The molecule has 136 valence electrons. The molecule has 1 nitrogen and oxygen atoms in total. The van der Waals surface area contributed by atoms with Gasteiger partial charge < -0.3 is 5.11 Å². The van der Waals surface area contributed by atoms with Gasteiger partial charge in [0.1, 0.15) is 0 Å². The summed E-state index contributed by atoms with van der Waals surface area (Å²) in [6.45, 7) is 11.7. The van der Waals surface area contributed by atoms with Crippen molar-refractivity contribution in [2.24, 2.45) is 22.7 Å². The van der Waals surface area contributed by atoms with Crippen LogP contribution in [0.25, 0.3) is 0 Å². The number of hydrogen-bond acceptors (Lipinski definition) is 1. The predicted octanol–water partition coefficient (Wildman–Crippen LogP) is 6.78. The molecule has 0 spiro atoms. The first-order valence-electron chi connectivity index (χ1n) is 9.10. The zero-order valence-electron chi connectivity index (χ0n) is 15.7. The lowest BCUT2D eigenvalue weighted by Crippen LogP contribution is -2.38. The van der Waals surface area contributed by atoms with E-state index in [1.807, 2.05) is 12.1 Å². The molecule has 3 heteroatoms. The molecule has 1 saturated carbocycles. The smallest absolute Gasteiger partial charge is 0.0571 e. The molecule has 3 atom stereocenters. The molecule has 0 saturated heterocycles. The highest BCUT2D eigenvalue weighted by Gasteiger charge is 2.39. The average molecular weight is 371 g/mol. The van der Waals surface area contributed by atoms with Crippen LogP contribution < -0.4 is 0 Å². The maximum Gasteiger partial charge on any atom is 0.0571 e. The van der Waals surface area contributed by atoms with Gasteiger partial charge in [-0.2, -0.15) is 0 Å². The highest BCUT2D eigenvalue weighted by atomic mass is 35.5. The second-order valence-corrected chi connectivity index (χ2v) is 10.3. The Labute approximate surface area is 157 Å². The minimum atomic E-state index is -0.224. The largest absolute Gasteiger partial charge is 0.393 e.